The fourth-order valence-electron chi connectivity index (χ4n) is 2.19. The highest BCUT2D eigenvalue weighted by Crippen LogP contribution is 2.30. The number of hydrogen-bond acceptors (Lipinski definition) is 3. The van der Waals surface area contributed by atoms with E-state index in [2.05, 4.69) is 45.4 Å². The van der Waals surface area contributed by atoms with Crippen LogP contribution in [0.4, 0.5) is 0 Å². The molecule has 6 heteroatoms. The Morgan fingerprint density at radius 1 is 1.40 bits per heavy atom. The van der Waals surface area contributed by atoms with Gasteiger partial charge in [0.1, 0.15) is 0 Å². The van der Waals surface area contributed by atoms with Gasteiger partial charge in [0.2, 0.25) is 0 Å². The van der Waals surface area contributed by atoms with Crippen LogP contribution in [0.1, 0.15) is 37.6 Å². The normalized spacial score (nSPS) is 12.6. The van der Waals surface area contributed by atoms with Crippen molar-refractivity contribution < 1.29 is 0 Å². The Kier molecular flexibility index (Phi) is 5.57. The highest BCUT2D eigenvalue weighted by Gasteiger charge is 2.20. The minimum absolute atomic E-state index is 0.0493. The highest BCUT2D eigenvalue weighted by atomic mass is 79.9. The zero-order valence-corrected chi connectivity index (χ0v) is 13.9. The van der Waals surface area contributed by atoms with Gasteiger partial charge in [0.05, 0.1) is 17.9 Å². The molecule has 1 aromatic carbocycles. The smallest absolute Gasteiger partial charge is 0.0802 e. The molecule has 0 aliphatic carbocycles. The maximum atomic E-state index is 6.02. The molecule has 0 aliphatic heterocycles. The van der Waals surface area contributed by atoms with E-state index < -0.39 is 0 Å². The van der Waals surface area contributed by atoms with E-state index in [1.165, 1.54) is 0 Å². The number of rotatable bonds is 6. The van der Waals surface area contributed by atoms with E-state index in [0.717, 1.165) is 40.3 Å². The summed E-state index contributed by atoms with van der Waals surface area (Å²) < 4.78 is 2.94. The summed E-state index contributed by atoms with van der Waals surface area (Å²) in [7, 11) is 0. The molecule has 1 heterocycles. The van der Waals surface area contributed by atoms with Crippen LogP contribution in [0.15, 0.2) is 28.9 Å². The number of nitrogens with one attached hydrogen (secondary N) is 1. The van der Waals surface area contributed by atoms with Gasteiger partial charge in [0.25, 0.3) is 0 Å². The molecule has 2 rings (SSSR count). The fourth-order valence-corrected chi connectivity index (χ4v) is 3.10. The molecular formula is C14H18BrClN4. The molecular weight excluding hydrogens is 340 g/mol. The lowest BCUT2D eigenvalue weighted by molar-refractivity contribution is 0.511. The summed E-state index contributed by atoms with van der Waals surface area (Å²) in [6.07, 6.45) is 2.85. The largest absolute Gasteiger partial charge is 0.305 e. The van der Waals surface area contributed by atoms with Crippen LogP contribution in [0, 0.1) is 0 Å². The molecule has 0 saturated carbocycles. The molecule has 2 aromatic rings. The Balaban J connectivity index is 2.42. The number of hydrogen-bond donors (Lipinski definition) is 1. The topological polar surface area (TPSA) is 42.7 Å². The first-order valence-electron chi connectivity index (χ1n) is 6.74. The summed E-state index contributed by atoms with van der Waals surface area (Å²) >= 11 is 9.62. The van der Waals surface area contributed by atoms with Gasteiger partial charge in [-0.25, -0.2) is 4.68 Å². The summed E-state index contributed by atoms with van der Waals surface area (Å²) in [5, 5.41) is 12.4. The van der Waals surface area contributed by atoms with Crippen LogP contribution in [0.2, 0.25) is 5.02 Å². The van der Waals surface area contributed by atoms with Crippen molar-refractivity contribution in [1.29, 1.82) is 0 Å². The minimum atomic E-state index is 0.0493. The molecule has 0 fully saturated rings. The van der Waals surface area contributed by atoms with Crippen LogP contribution in [-0.4, -0.2) is 21.5 Å². The Labute approximate surface area is 132 Å². The summed E-state index contributed by atoms with van der Waals surface area (Å²) in [6, 6.07) is 5.89. The predicted molar refractivity (Wildman–Crippen MR) is 85.0 cm³/mol. The average molecular weight is 358 g/mol. The van der Waals surface area contributed by atoms with E-state index in [1.807, 2.05) is 29.1 Å². The molecule has 1 aromatic heterocycles. The van der Waals surface area contributed by atoms with Gasteiger partial charge in [0, 0.05) is 16.0 Å². The van der Waals surface area contributed by atoms with Crippen LogP contribution < -0.4 is 5.32 Å². The van der Waals surface area contributed by atoms with Gasteiger partial charge in [-0.2, -0.15) is 0 Å². The second kappa shape index (κ2) is 7.20. The number of halogens is 2. The second-order valence-corrected chi connectivity index (χ2v) is 5.83. The van der Waals surface area contributed by atoms with Crippen molar-refractivity contribution in [3.8, 4) is 0 Å². The quantitative estimate of drug-likeness (QED) is 0.855. The first-order chi connectivity index (χ1) is 9.67. The van der Waals surface area contributed by atoms with Crippen molar-refractivity contribution in [3.63, 3.8) is 0 Å². The van der Waals surface area contributed by atoms with Crippen molar-refractivity contribution in [2.75, 3.05) is 6.54 Å². The molecule has 1 atom stereocenters. The lowest BCUT2D eigenvalue weighted by Gasteiger charge is -2.20. The monoisotopic (exact) mass is 356 g/mol. The van der Waals surface area contributed by atoms with Crippen molar-refractivity contribution >= 4 is 27.5 Å². The van der Waals surface area contributed by atoms with Crippen LogP contribution in [-0.2, 0) is 6.54 Å². The van der Waals surface area contributed by atoms with Crippen molar-refractivity contribution in [1.82, 2.24) is 20.3 Å². The Morgan fingerprint density at radius 3 is 2.85 bits per heavy atom. The molecule has 0 saturated heterocycles. The van der Waals surface area contributed by atoms with E-state index in [0.29, 0.717) is 0 Å². The third kappa shape index (κ3) is 3.40. The predicted octanol–water partition coefficient (Wildman–Crippen LogP) is 3.80. The van der Waals surface area contributed by atoms with Gasteiger partial charge in [-0.15, -0.1) is 5.10 Å². The van der Waals surface area contributed by atoms with Crippen molar-refractivity contribution in [3.05, 3.63) is 45.1 Å². The fraction of sp³-hybridized carbons (Fsp3) is 0.429. The molecule has 0 amide bonds. The number of benzene rings is 1. The van der Waals surface area contributed by atoms with E-state index >= 15 is 0 Å². The van der Waals surface area contributed by atoms with Crippen molar-refractivity contribution in [2.24, 2.45) is 0 Å². The molecule has 0 spiro atoms. The third-order valence-electron chi connectivity index (χ3n) is 3.06. The maximum absolute atomic E-state index is 6.02. The van der Waals surface area contributed by atoms with E-state index in [9.17, 15) is 0 Å². The molecule has 0 aliphatic rings. The Bertz CT molecular complexity index is 570. The Hall–Kier alpha value is -0.910. The number of aromatic nitrogens is 3. The molecule has 20 heavy (non-hydrogen) atoms. The molecule has 1 unspecified atom stereocenters. The minimum Gasteiger partial charge on any atom is -0.305 e. The van der Waals surface area contributed by atoms with Crippen molar-refractivity contribution in [2.45, 2.75) is 32.9 Å². The third-order valence-corrected chi connectivity index (χ3v) is 3.98. The van der Waals surface area contributed by atoms with E-state index in [-0.39, 0.29) is 6.04 Å². The zero-order chi connectivity index (χ0) is 14.5. The first kappa shape index (κ1) is 15.5. The highest BCUT2D eigenvalue weighted by molar-refractivity contribution is 9.10. The van der Waals surface area contributed by atoms with Crippen LogP contribution >= 0.6 is 27.5 Å². The molecule has 0 bridgehead atoms. The number of aryl methyl sites for hydroxylation is 1. The van der Waals surface area contributed by atoms with E-state index in [1.54, 1.807) is 0 Å². The Morgan fingerprint density at radius 2 is 2.20 bits per heavy atom. The van der Waals surface area contributed by atoms with Crippen LogP contribution in [0.3, 0.4) is 0 Å². The summed E-state index contributed by atoms with van der Waals surface area (Å²) in [4.78, 5) is 0. The lowest BCUT2D eigenvalue weighted by atomic mass is 10.0. The molecule has 4 nitrogen and oxygen atoms in total. The zero-order valence-electron chi connectivity index (χ0n) is 11.6. The molecule has 108 valence electrons. The summed E-state index contributed by atoms with van der Waals surface area (Å²) in [5.41, 5.74) is 2.20. The van der Waals surface area contributed by atoms with Gasteiger partial charge in [-0.1, -0.05) is 52.7 Å². The standard InChI is InChI=1S/C14H18BrClN4/c1-3-7-20-13(9-18-19-20)14(17-4-2)11-6-5-10(16)8-12(11)15/h5-6,8-9,14,17H,3-4,7H2,1-2H3. The summed E-state index contributed by atoms with van der Waals surface area (Å²) in [6.45, 7) is 5.94. The maximum Gasteiger partial charge on any atom is 0.0802 e. The van der Waals surface area contributed by atoms with Gasteiger partial charge in [0.15, 0.2) is 0 Å². The van der Waals surface area contributed by atoms with Gasteiger partial charge in [-0.05, 0) is 30.7 Å². The molecule has 1 N–H and O–H groups in total. The van der Waals surface area contributed by atoms with Crippen LogP contribution in [0.25, 0.3) is 0 Å². The summed E-state index contributed by atoms with van der Waals surface area (Å²) in [5.74, 6) is 0. The van der Waals surface area contributed by atoms with Gasteiger partial charge in [-0.3, -0.25) is 0 Å². The van der Waals surface area contributed by atoms with E-state index in [4.69, 9.17) is 11.6 Å². The van der Waals surface area contributed by atoms with Crippen LogP contribution in [0.5, 0.6) is 0 Å². The molecule has 0 radical (unpaired) electrons. The number of nitrogens with zero attached hydrogens (tertiary/aromatic N) is 3. The van der Waals surface area contributed by atoms with Gasteiger partial charge < -0.3 is 5.32 Å². The SMILES string of the molecule is CCCn1nncc1C(NCC)c1ccc(Cl)cc1Br. The average Bonchev–Trinajstić information content (AvgIpc) is 2.85. The second-order valence-electron chi connectivity index (χ2n) is 4.54. The van der Waals surface area contributed by atoms with Gasteiger partial charge >= 0.3 is 0 Å². The lowest BCUT2D eigenvalue weighted by Crippen LogP contribution is -2.25. The first-order valence-corrected chi connectivity index (χ1v) is 7.91.